The Bertz CT molecular complexity index is 1550. The highest BCUT2D eigenvalue weighted by Crippen LogP contribution is 2.38. The van der Waals surface area contributed by atoms with Gasteiger partial charge in [0, 0.05) is 61.0 Å². The second-order valence-electron chi connectivity index (χ2n) is 14.2. The maximum absolute atomic E-state index is 14.4. The number of methoxy groups -OCH3 is 1. The molecule has 49 heavy (non-hydrogen) atoms. The van der Waals surface area contributed by atoms with Crippen molar-refractivity contribution in [1.82, 2.24) is 20.3 Å². The van der Waals surface area contributed by atoms with E-state index in [0.717, 1.165) is 66.9 Å². The van der Waals surface area contributed by atoms with Crippen molar-refractivity contribution in [3.05, 3.63) is 54.0 Å². The zero-order valence-corrected chi connectivity index (χ0v) is 29.4. The predicted octanol–water partition coefficient (Wildman–Crippen LogP) is 7.34. The van der Waals surface area contributed by atoms with Crippen LogP contribution >= 0.6 is 0 Å². The van der Waals surface area contributed by atoms with Crippen LogP contribution in [0.2, 0.25) is 0 Å². The molecule has 0 aromatic carbocycles. The van der Waals surface area contributed by atoms with Crippen molar-refractivity contribution in [2.75, 3.05) is 31.8 Å². The first kappa shape index (κ1) is 34.9. The molecule has 4 heterocycles. The molecule has 6 rings (SSSR count). The number of alkyl carbamates (subject to hydrolysis) is 1. The molecule has 11 nitrogen and oxygen atoms in total. The molecule has 11 heteroatoms. The van der Waals surface area contributed by atoms with Crippen LogP contribution in [0.15, 0.2) is 41.1 Å². The van der Waals surface area contributed by atoms with Crippen LogP contribution in [-0.4, -0.2) is 66.0 Å². The molecule has 0 atom stereocenters. The normalized spacial score (nSPS) is 23.2. The molecule has 3 fully saturated rings. The molecule has 0 radical (unpaired) electrons. The Balaban J connectivity index is 1.13. The van der Waals surface area contributed by atoms with Gasteiger partial charge in [0.2, 0.25) is 5.91 Å². The summed E-state index contributed by atoms with van der Waals surface area (Å²) in [6.45, 7) is 8.01. The van der Waals surface area contributed by atoms with Crippen LogP contribution in [0.4, 0.5) is 10.6 Å². The predicted molar refractivity (Wildman–Crippen MR) is 186 cm³/mol. The van der Waals surface area contributed by atoms with Gasteiger partial charge in [0.15, 0.2) is 5.89 Å². The Morgan fingerprint density at radius 3 is 2.41 bits per heavy atom. The monoisotopic (exact) mass is 673 g/mol. The molecule has 0 bridgehead atoms. The third kappa shape index (κ3) is 8.79. The minimum absolute atomic E-state index is 0.0901. The number of hydrogen-bond donors (Lipinski definition) is 1. The standard InChI is InChI=1S/C38H51N5O6/c1-24(2)36-42-33(23-48-36)29-15-18-39-35(21-29)43(22-26-5-7-27(8-6-26)32-13-14-34(46-4)25(3)40-32)37(44)28-9-11-31(12-10-28)49-38(45)41-30-16-19-47-20-17-30/h13-15,18,21,23-24,26-28,30-31H,5-12,16-17,19-20,22H2,1-4H3,(H,41,45). The third-order valence-electron chi connectivity index (χ3n) is 10.4. The van der Waals surface area contributed by atoms with Crippen LogP contribution in [0.1, 0.15) is 107 Å². The lowest BCUT2D eigenvalue weighted by atomic mass is 9.79. The van der Waals surface area contributed by atoms with Gasteiger partial charge in [0.25, 0.3) is 0 Å². The van der Waals surface area contributed by atoms with E-state index in [1.54, 1.807) is 19.6 Å². The van der Waals surface area contributed by atoms with Crippen molar-refractivity contribution < 1.29 is 28.2 Å². The lowest BCUT2D eigenvalue weighted by Gasteiger charge is -2.35. The number of nitrogens with one attached hydrogen (secondary N) is 1. The first-order valence-corrected chi connectivity index (χ1v) is 18.1. The maximum atomic E-state index is 14.4. The minimum atomic E-state index is -0.367. The number of amides is 2. The molecule has 0 spiro atoms. The zero-order valence-electron chi connectivity index (χ0n) is 29.4. The van der Waals surface area contributed by atoms with E-state index in [2.05, 4.69) is 16.4 Å². The number of ether oxygens (including phenoxy) is 3. The van der Waals surface area contributed by atoms with Gasteiger partial charge in [-0.15, -0.1) is 0 Å². The van der Waals surface area contributed by atoms with E-state index in [0.29, 0.717) is 69.0 Å². The largest absolute Gasteiger partial charge is 0.495 e. The fourth-order valence-electron chi connectivity index (χ4n) is 7.46. The number of nitrogens with zero attached hydrogens (tertiary/aromatic N) is 4. The number of hydrogen-bond acceptors (Lipinski definition) is 9. The summed E-state index contributed by atoms with van der Waals surface area (Å²) in [6.07, 6.45) is 11.2. The molecule has 2 aliphatic carbocycles. The van der Waals surface area contributed by atoms with Crippen LogP contribution < -0.4 is 15.0 Å². The Hall–Kier alpha value is -3.99. The van der Waals surface area contributed by atoms with E-state index >= 15 is 0 Å². The lowest BCUT2D eigenvalue weighted by Crippen LogP contribution is -2.43. The Morgan fingerprint density at radius 2 is 1.73 bits per heavy atom. The molecule has 0 unspecified atom stereocenters. The van der Waals surface area contributed by atoms with Crippen LogP contribution in [0, 0.1) is 18.8 Å². The summed E-state index contributed by atoms with van der Waals surface area (Å²) in [5.41, 5.74) is 3.64. The summed E-state index contributed by atoms with van der Waals surface area (Å²) in [6, 6.07) is 8.07. The highest BCUT2D eigenvalue weighted by Gasteiger charge is 2.35. The van der Waals surface area contributed by atoms with Crippen LogP contribution in [-0.2, 0) is 14.3 Å². The van der Waals surface area contributed by atoms with Crippen molar-refractivity contribution in [2.45, 2.75) is 109 Å². The number of rotatable bonds is 10. The fourth-order valence-corrected chi connectivity index (χ4v) is 7.46. The second kappa shape index (κ2) is 16.1. The second-order valence-corrected chi connectivity index (χ2v) is 14.2. The van der Waals surface area contributed by atoms with Crippen LogP contribution in [0.5, 0.6) is 5.75 Å². The lowest BCUT2D eigenvalue weighted by molar-refractivity contribution is -0.124. The molecule has 1 saturated heterocycles. The van der Waals surface area contributed by atoms with Gasteiger partial charge in [0.1, 0.15) is 29.6 Å². The molecule has 2 saturated carbocycles. The molecule has 264 valence electrons. The van der Waals surface area contributed by atoms with Gasteiger partial charge < -0.3 is 23.9 Å². The Labute approximate surface area is 289 Å². The number of aromatic nitrogens is 3. The number of oxazole rings is 1. The molecule has 3 aromatic rings. The summed E-state index contributed by atoms with van der Waals surface area (Å²) < 4.78 is 22.3. The molecular weight excluding hydrogens is 622 g/mol. The SMILES string of the molecule is COc1ccc(C2CCC(CN(C(=O)C3CCC(OC(=O)NC4CCOCC4)CC3)c3cc(-c4coc(C(C)C)n4)ccn3)CC2)nc1C. The molecule has 2 amide bonds. The average molecular weight is 674 g/mol. The highest BCUT2D eigenvalue weighted by molar-refractivity contribution is 5.94. The summed E-state index contributed by atoms with van der Waals surface area (Å²) in [5, 5.41) is 2.99. The smallest absolute Gasteiger partial charge is 0.407 e. The first-order chi connectivity index (χ1) is 23.8. The van der Waals surface area contributed by atoms with E-state index in [4.69, 9.17) is 28.6 Å². The van der Waals surface area contributed by atoms with Crippen molar-refractivity contribution in [2.24, 2.45) is 11.8 Å². The summed E-state index contributed by atoms with van der Waals surface area (Å²) in [7, 11) is 1.67. The van der Waals surface area contributed by atoms with Crippen LogP contribution in [0.3, 0.4) is 0 Å². The van der Waals surface area contributed by atoms with Gasteiger partial charge in [-0.1, -0.05) is 13.8 Å². The topological polar surface area (TPSA) is 129 Å². The van der Waals surface area contributed by atoms with E-state index in [-0.39, 0.29) is 36.0 Å². The summed E-state index contributed by atoms with van der Waals surface area (Å²) >= 11 is 0. The number of pyridine rings is 2. The quantitative estimate of drug-likeness (QED) is 0.235. The molecule has 3 aromatic heterocycles. The third-order valence-corrected chi connectivity index (χ3v) is 10.4. The van der Waals surface area contributed by atoms with Crippen LogP contribution in [0.25, 0.3) is 11.3 Å². The van der Waals surface area contributed by atoms with Crippen molar-refractivity contribution >= 4 is 17.8 Å². The minimum Gasteiger partial charge on any atom is -0.495 e. The van der Waals surface area contributed by atoms with E-state index in [1.165, 1.54) is 0 Å². The maximum Gasteiger partial charge on any atom is 0.407 e. The number of aryl methyl sites for hydroxylation is 1. The molecule has 1 aliphatic heterocycles. The average Bonchev–Trinajstić information content (AvgIpc) is 3.63. The Morgan fingerprint density at radius 1 is 0.980 bits per heavy atom. The van der Waals surface area contributed by atoms with Gasteiger partial charge in [-0.2, -0.15) is 0 Å². The molecule has 1 N–H and O–H groups in total. The number of carbonyl (C=O) groups excluding carboxylic acids is 2. The highest BCUT2D eigenvalue weighted by atomic mass is 16.6. The van der Waals surface area contributed by atoms with Gasteiger partial charge in [-0.05, 0) is 101 Å². The van der Waals surface area contributed by atoms with Crippen molar-refractivity contribution in [1.29, 1.82) is 0 Å². The summed E-state index contributed by atoms with van der Waals surface area (Å²) in [4.78, 5) is 43.1. The van der Waals surface area contributed by atoms with Gasteiger partial charge in [-0.3, -0.25) is 14.7 Å². The van der Waals surface area contributed by atoms with Gasteiger partial charge in [-0.25, -0.2) is 14.8 Å². The van der Waals surface area contributed by atoms with E-state index in [1.807, 2.05) is 43.9 Å². The zero-order chi connectivity index (χ0) is 34.3. The number of carbonyl (C=O) groups is 2. The first-order valence-electron chi connectivity index (χ1n) is 18.1. The summed E-state index contributed by atoms with van der Waals surface area (Å²) in [5.74, 6) is 2.98. The van der Waals surface area contributed by atoms with Gasteiger partial charge in [0.05, 0.1) is 12.8 Å². The van der Waals surface area contributed by atoms with Crippen molar-refractivity contribution in [3.8, 4) is 17.0 Å². The molecule has 3 aliphatic rings. The van der Waals surface area contributed by atoms with Gasteiger partial charge >= 0.3 is 6.09 Å². The van der Waals surface area contributed by atoms with E-state index in [9.17, 15) is 9.59 Å². The van der Waals surface area contributed by atoms with E-state index < -0.39 is 0 Å². The molecular formula is C38H51N5O6. The number of anilines is 1. The Kier molecular flexibility index (Phi) is 11.5. The van der Waals surface area contributed by atoms with Crippen molar-refractivity contribution in [3.63, 3.8) is 0 Å². The fraction of sp³-hybridized carbons (Fsp3) is 0.605.